The number of nitrogens with one attached hydrogen (secondary N) is 1. The highest BCUT2D eigenvalue weighted by Gasteiger charge is 2.23. The Hall–Kier alpha value is -0.650. The van der Waals surface area contributed by atoms with Gasteiger partial charge in [-0.25, -0.2) is 0 Å². The lowest BCUT2D eigenvalue weighted by Crippen LogP contribution is -2.43. The van der Waals surface area contributed by atoms with Crippen molar-refractivity contribution < 1.29 is 9.53 Å². The third kappa shape index (κ3) is 4.75. The Morgan fingerprint density at radius 2 is 2.16 bits per heavy atom. The van der Waals surface area contributed by atoms with Crippen molar-refractivity contribution >= 4 is 5.91 Å². The average Bonchev–Trinajstić information content (AvgIpc) is 2.42. The van der Waals surface area contributed by atoms with Crippen LogP contribution in [0, 0.1) is 5.92 Å². The molecular formula is C14H27N3O2. The van der Waals surface area contributed by atoms with E-state index >= 15 is 0 Å². The molecule has 1 atom stereocenters. The van der Waals surface area contributed by atoms with Crippen molar-refractivity contribution in [2.75, 3.05) is 53.4 Å². The summed E-state index contributed by atoms with van der Waals surface area (Å²) in [7, 11) is 4.09. The first-order valence-corrected chi connectivity index (χ1v) is 7.40. The van der Waals surface area contributed by atoms with Crippen molar-refractivity contribution in [2.45, 2.75) is 25.4 Å². The molecule has 2 aliphatic rings. The van der Waals surface area contributed by atoms with Gasteiger partial charge in [0.15, 0.2) is 0 Å². The quantitative estimate of drug-likeness (QED) is 0.790. The van der Waals surface area contributed by atoms with E-state index in [1.165, 1.54) is 12.8 Å². The van der Waals surface area contributed by atoms with Crippen LogP contribution in [0.1, 0.15) is 19.3 Å². The summed E-state index contributed by atoms with van der Waals surface area (Å²) >= 11 is 0. The minimum absolute atomic E-state index is 0.0567. The van der Waals surface area contributed by atoms with Gasteiger partial charge in [0, 0.05) is 26.7 Å². The lowest BCUT2D eigenvalue weighted by molar-refractivity contribution is -0.134. The highest BCUT2D eigenvalue weighted by molar-refractivity contribution is 5.76. The molecule has 0 aromatic rings. The van der Waals surface area contributed by atoms with Gasteiger partial charge in [-0.2, -0.15) is 0 Å². The molecule has 0 radical (unpaired) electrons. The van der Waals surface area contributed by atoms with E-state index in [-0.39, 0.29) is 12.0 Å². The van der Waals surface area contributed by atoms with Crippen molar-refractivity contribution in [3.8, 4) is 0 Å². The molecular weight excluding hydrogens is 242 g/mol. The lowest BCUT2D eigenvalue weighted by Gasteiger charge is -2.32. The number of ether oxygens (including phenoxy) is 1. The molecule has 5 heteroatoms. The van der Waals surface area contributed by atoms with Crippen molar-refractivity contribution in [3.63, 3.8) is 0 Å². The van der Waals surface area contributed by atoms with Crippen LogP contribution in [-0.4, -0.2) is 75.2 Å². The maximum atomic E-state index is 12.2. The molecule has 19 heavy (non-hydrogen) atoms. The molecule has 0 aromatic carbocycles. The van der Waals surface area contributed by atoms with E-state index in [4.69, 9.17) is 4.74 Å². The van der Waals surface area contributed by atoms with Crippen LogP contribution in [0.2, 0.25) is 0 Å². The second-order valence-corrected chi connectivity index (χ2v) is 5.92. The van der Waals surface area contributed by atoms with Crippen molar-refractivity contribution in [1.82, 2.24) is 15.1 Å². The van der Waals surface area contributed by atoms with Crippen LogP contribution in [0.4, 0.5) is 0 Å². The summed E-state index contributed by atoms with van der Waals surface area (Å²) in [4.78, 5) is 16.4. The van der Waals surface area contributed by atoms with E-state index < -0.39 is 0 Å². The predicted octanol–water partition coefficient (Wildman–Crippen LogP) is 0.165. The fraction of sp³-hybridized carbons (Fsp3) is 0.929. The van der Waals surface area contributed by atoms with Gasteiger partial charge in [0.05, 0.1) is 19.1 Å². The van der Waals surface area contributed by atoms with E-state index in [0.717, 1.165) is 39.3 Å². The number of likely N-dealkylation sites (tertiary alicyclic amines) is 1. The van der Waals surface area contributed by atoms with Crippen LogP contribution in [0.25, 0.3) is 0 Å². The fourth-order valence-electron chi connectivity index (χ4n) is 2.84. The Morgan fingerprint density at radius 1 is 1.42 bits per heavy atom. The molecule has 110 valence electrons. The summed E-state index contributed by atoms with van der Waals surface area (Å²) in [5.41, 5.74) is 0. The van der Waals surface area contributed by atoms with Gasteiger partial charge in [-0.15, -0.1) is 0 Å². The molecule has 2 aliphatic heterocycles. The molecule has 1 unspecified atom stereocenters. The Bertz CT molecular complexity index is 284. The average molecular weight is 269 g/mol. The van der Waals surface area contributed by atoms with Crippen LogP contribution in [-0.2, 0) is 9.53 Å². The van der Waals surface area contributed by atoms with Gasteiger partial charge in [0.1, 0.15) is 0 Å². The summed E-state index contributed by atoms with van der Waals surface area (Å²) in [5, 5.41) is 3.26. The first-order chi connectivity index (χ1) is 9.15. The first kappa shape index (κ1) is 14.8. The number of hydrogen-bond donors (Lipinski definition) is 1. The summed E-state index contributed by atoms with van der Waals surface area (Å²) in [6.07, 6.45) is 2.97. The molecule has 0 aliphatic carbocycles. The predicted molar refractivity (Wildman–Crippen MR) is 75.1 cm³/mol. The van der Waals surface area contributed by atoms with E-state index in [1.807, 2.05) is 11.9 Å². The van der Waals surface area contributed by atoms with E-state index in [0.29, 0.717) is 12.3 Å². The Kier molecular flexibility index (Phi) is 5.60. The second-order valence-electron chi connectivity index (χ2n) is 5.92. The monoisotopic (exact) mass is 269 g/mol. The zero-order valence-corrected chi connectivity index (χ0v) is 12.2. The van der Waals surface area contributed by atoms with Gasteiger partial charge in [-0.05, 0) is 38.9 Å². The van der Waals surface area contributed by atoms with Crippen molar-refractivity contribution in [2.24, 2.45) is 5.92 Å². The van der Waals surface area contributed by atoms with Crippen molar-refractivity contribution in [3.05, 3.63) is 0 Å². The summed E-state index contributed by atoms with van der Waals surface area (Å²) in [6, 6.07) is 0. The number of rotatable bonds is 4. The van der Waals surface area contributed by atoms with Crippen molar-refractivity contribution in [1.29, 1.82) is 0 Å². The van der Waals surface area contributed by atoms with Crippen LogP contribution >= 0.6 is 0 Å². The van der Waals surface area contributed by atoms with Crippen LogP contribution in [0.5, 0.6) is 0 Å². The molecule has 1 amide bonds. The molecule has 0 aromatic heterocycles. The second kappa shape index (κ2) is 7.22. The van der Waals surface area contributed by atoms with Gasteiger partial charge in [0.2, 0.25) is 5.91 Å². The minimum atomic E-state index is 0.0567. The van der Waals surface area contributed by atoms with Crippen LogP contribution < -0.4 is 5.32 Å². The fourth-order valence-corrected chi connectivity index (χ4v) is 2.84. The SMILES string of the molecule is CN1CCC(CN(C)C(=O)CC2CNCCO2)CC1. The molecule has 1 N–H and O–H groups in total. The first-order valence-electron chi connectivity index (χ1n) is 7.40. The molecule has 2 heterocycles. The van der Waals surface area contributed by atoms with Crippen LogP contribution in [0.3, 0.4) is 0 Å². The van der Waals surface area contributed by atoms with Gasteiger partial charge < -0.3 is 19.9 Å². The van der Waals surface area contributed by atoms with E-state index in [2.05, 4.69) is 17.3 Å². The highest BCUT2D eigenvalue weighted by atomic mass is 16.5. The molecule has 0 spiro atoms. The van der Waals surface area contributed by atoms with E-state index in [9.17, 15) is 4.79 Å². The molecule has 2 saturated heterocycles. The smallest absolute Gasteiger partial charge is 0.224 e. The molecule has 0 bridgehead atoms. The van der Waals surface area contributed by atoms with Gasteiger partial charge in [-0.1, -0.05) is 0 Å². The van der Waals surface area contributed by atoms with Gasteiger partial charge >= 0.3 is 0 Å². The standard InChI is InChI=1S/C14H27N3O2/c1-16-6-3-12(4-7-16)11-17(2)14(18)9-13-10-15-5-8-19-13/h12-13,15H,3-11H2,1-2H3. The number of morpholine rings is 1. The topological polar surface area (TPSA) is 44.8 Å². The molecule has 2 fully saturated rings. The minimum Gasteiger partial charge on any atom is -0.375 e. The van der Waals surface area contributed by atoms with Gasteiger partial charge in [0.25, 0.3) is 0 Å². The third-order valence-corrected chi connectivity index (χ3v) is 4.20. The number of carbonyl (C=O) groups excluding carboxylic acids is 1. The number of piperidine rings is 1. The number of amides is 1. The summed E-state index contributed by atoms with van der Waals surface area (Å²) in [5.74, 6) is 0.878. The number of carbonyl (C=O) groups is 1. The van der Waals surface area contributed by atoms with E-state index in [1.54, 1.807) is 0 Å². The Labute approximate surface area is 116 Å². The maximum absolute atomic E-state index is 12.2. The Morgan fingerprint density at radius 3 is 2.79 bits per heavy atom. The maximum Gasteiger partial charge on any atom is 0.224 e. The van der Waals surface area contributed by atoms with Gasteiger partial charge in [-0.3, -0.25) is 4.79 Å². The molecule has 2 rings (SSSR count). The Balaban J connectivity index is 1.69. The largest absolute Gasteiger partial charge is 0.375 e. The zero-order chi connectivity index (χ0) is 13.7. The summed E-state index contributed by atoms with van der Waals surface area (Å²) < 4.78 is 5.59. The normalized spacial score (nSPS) is 26.3. The third-order valence-electron chi connectivity index (χ3n) is 4.20. The molecule has 5 nitrogen and oxygen atoms in total. The molecule has 0 saturated carbocycles. The zero-order valence-electron chi connectivity index (χ0n) is 12.2. The summed E-state index contributed by atoms with van der Waals surface area (Å²) in [6.45, 7) is 5.62. The van der Waals surface area contributed by atoms with Crippen LogP contribution in [0.15, 0.2) is 0 Å². The highest BCUT2D eigenvalue weighted by Crippen LogP contribution is 2.17. The number of nitrogens with zero attached hydrogens (tertiary/aromatic N) is 2. The lowest BCUT2D eigenvalue weighted by atomic mass is 9.96. The number of hydrogen-bond acceptors (Lipinski definition) is 4.